The number of rotatable bonds is 11. The molecular weight excluding hydrogens is 410 g/mol. The largest absolute Gasteiger partial charge is 0.454 e. The Morgan fingerprint density at radius 2 is 1.71 bits per heavy atom. The van der Waals surface area contributed by atoms with Crippen molar-refractivity contribution in [2.24, 2.45) is 0 Å². The third-order valence-corrected chi connectivity index (χ3v) is 6.21. The van der Waals surface area contributed by atoms with Gasteiger partial charge in [0.1, 0.15) is 10.6 Å². The van der Waals surface area contributed by atoms with E-state index in [1.165, 1.54) is 6.26 Å². The fraction of sp³-hybridized carbons (Fsp3) is 0.375. The zero-order valence-corrected chi connectivity index (χ0v) is 19.3. The molecule has 0 bridgehead atoms. The molecular formula is C24H31N3O3S. The summed E-state index contributed by atoms with van der Waals surface area (Å²) in [7, 11) is -3.55. The summed E-state index contributed by atoms with van der Waals surface area (Å²) in [5.74, 6) is 0.984. The number of nitrogens with one attached hydrogen (secondary N) is 1. The Bertz CT molecular complexity index is 1060. The molecule has 0 saturated heterocycles. The molecule has 0 aliphatic rings. The lowest BCUT2D eigenvalue weighted by Crippen LogP contribution is -2.26. The molecule has 0 atom stereocenters. The number of hydrogen-bond acceptors (Lipinski definition) is 5. The van der Waals surface area contributed by atoms with Crippen LogP contribution in [0.15, 0.2) is 59.9 Å². The normalized spacial score (nSPS) is 11.5. The number of ether oxygens (including phenoxy) is 1. The van der Waals surface area contributed by atoms with Gasteiger partial charge in [-0.2, -0.15) is 0 Å². The van der Waals surface area contributed by atoms with E-state index in [2.05, 4.69) is 28.7 Å². The van der Waals surface area contributed by atoms with Crippen LogP contribution in [0.3, 0.4) is 0 Å². The SMILES string of the molecule is CCCCN(CCCC)c1cc(-c2cnc[nH]2)cc(S(C)(=O)=O)c1Oc1ccccc1. The lowest BCUT2D eigenvalue weighted by Gasteiger charge is -2.28. The molecule has 3 aromatic rings. The summed E-state index contributed by atoms with van der Waals surface area (Å²) in [6.07, 6.45) is 8.64. The minimum absolute atomic E-state index is 0.177. The Labute approximate surface area is 185 Å². The molecule has 0 aliphatic carbocycles. The van der Waals surface area contributed by atoms with Crippen molar-refractivity contribution in [3.8, 4) is 22.8 Å². The first kappa shape index (κ1) is 22.9. The van der Waals surface area contributed by atoms with Gasteiger partial charge in [0.05, 0.1) is 23.9 Å². The van der Waals surface area contributed by atoms with E-state index in [1.54, 1.807) is 18.6 Å². The Hall–Kier alpha value is -2.80. The van der Waals surface area contributed by atoms with Crippen LogP contribution in [-0.4, -0.2) is 37.7 Å². The highest BCUT2D eigenvalue weighted by molar-refractivity contribution is 7.90. The van der Waals surface area contributed by atoms with Gasteiger partial charge in [-0.3, -0.25) is 0 Å². The molecule has 0 unspecified atom stereocenters. The molecule has 7 heteroatoms. The maximum Gasteiger partial charge on any atom is 0.179 e. The minimum Gasteiger partial charge on any atom is -0.454 e. The van der Waals surface area contributed by atoms with Gasteiger partial charge in [0, 0.05) is 24.9 Å². The summed E-state index contributed by atoms with van der Waals surface area (Å²) >= 11 is 0. The summed E-state index contributed by atoms with van der Waals surface area (Å²) < 4.78 is 31.9. The van der Waals surface area contributed by atoms with Crippen LogP contribution in [-0.2, 0) is 9.84 Å². The van der Waals surface area contributed by atoms with Crippen molar-refractivity contribution in [1.82, 2.24) is 9.97 Å². The number of aromatic nitrogens is 2. The van der Waals surface area contributed by atoms with E-state index in [1.807, 2.05) is 36.4 Å². The Morgan fingerprint density at radius 3 is 2.26 bits per heavy atom. The lowest BCUT2D eigenvalue weighted by atomic mass is 10.1. The molecule has 0 saturated carbocycles. The Morgan fingerprint density at radius 1 is 1.03 bits per heavy atom. The van der Waals surface area contributed by atoms with Crippen LogP contribution < -0.4 is 9.64 Å². The predicted molar refractivity (Wildman–Crippen MR) is 126 cm³/mol. The van der Waals surface area contributed by atoms with Gasteiger partial charge in [-0.15, -0.1) is 0 Å². The van der Waals surface area contributed by atoms with Crippen molar-refractivity contribution in [3.05, 3.63) is 55.0 Å². The number of anilines is 1. The highest BCUT2D eigenvalue weighted by atomic mass is 32.2. The second kappa shape index (κ2) is 10.5. The lowest BCUT2D eigenvalue weighted by molar-refractivity contribution is 0.465. The molecule has 0 spiro atoms. The van der Waals surface area contributed by atoms with E-state index in [0.717, 1.165) is 55.7 Å². The Balaban J connectivity index is 2.22. The third-order valence-electron chi connectivity index (χ3n) is 5.11. The summed E-state index contributed by atoms with van der Waals surface area (Å²) in [4.78, 5) is 9.62. The van der Waals surface area contributed by atoms with E-state index in [9.17, 15) is 8.42 Å². The molecule has 0 aliphatic heterocycles. The van der Waals surface area contributed by atoms with E-state index in [-0.39, 0.29) is 4.90 Å². The van der Waals surface area contributed by atoms with Gasteiger partial charge in [0.15, 0.2) is 15.6 Å². The zero-order valence-electron chi connectivity index (χ0n) is 18.5. The molecule has 1 heterocycles. The fourth-order valence-corrected chi connectivity index (χ4v) is 4.25. The van der Waals surface area contributed by atoms with Crippen LogP contribution in [0.1, 0.15) is 39.5 Å². The van der Waals surface area contributed by atoms with Crippen molar-refractivity contribution >= 4 is 15.5 Å². The summed E-state index contributed by atoms with van der Waals surface area (Å²) in [5, 5.41) is 0. The number of nitrogens with zero attached hydrogens (tertiary/aromatic N) is 2. The molecule has 0 amide bonds. The molecule has 0 fully saturated rings. The smallest absolute Gasteiger partial charge is 0.179 e. The maximum atomic E-state index is 12.8. The minimum atomic E-state index is -3.55. The molecule has 3 rings (SSSR count). The first-order valence-corrected chi connectivity index (χ1v) is 12.7. The average molecular weight is 442 g/mol. The third kappa shape index (κ3) is 5.88. The molecule has 1 aromatic heterocycles. The van der Waals surface area contributed by atoms with Gasteiger partial charge in [0.25, 0.3) is 0 Å². The van der Waals surface area contributed by atoms with Crippen molar-refractivity contribution in [3.63, 3.8) is 0 Å². The van der Waals surface area contributed by atoms with Gasteiger partial charge in [-0.25, -0.2) is 13.4 Å². The molecule has 2 aromatic carbocycles. The highest BCUT2D eigenvalue weighted by Crippen LogP contribution is 2.42. The average Bonchev–Trinajstić information content (AvgIpc) is 3.29. The topological polar surface area (TPSA) is 75.3 Å². The van der Waals surface area contributed by atoms with Gasteiger partial charge < -0.3 is 14.6 Å². The van der Waals surface area contributed by atoms with Crippen LogP contribution in [0.5, 0.6) is 11.5 Å². The quantitative estimate of drug-likeness (QED) is 0.414. The van der Waals surface area contributed by atoms with E-state index >= 15 is 0 Å². The van der Waals surface area contributed by atoms with E-state index in [0.29, 0.717) is 11.5 Å². The molecule has 0 radical (unpaired) electrons. The van der Waals surface area contributed by atoms with E-state index in [4.69, 9.17) is 4.74 Å². The molecule has 166 valence electrons. The van der Waals surface area contributed by atoms with Crippen molar-refractivity contribution in [2.45, 2.75) is 44.4 Å². The number of imidazole rings is 1. The van der Waals surface area contributed by atoms with E-state index < -0.39 is 9.84 Å². The number of aromatic amines is 1. The Kier molecular flexibility index (Phi) is 7.74. The molecule has 31 heavy (non-hydrogen) atoms. The second-order valence-corrected chi connectivity index (χ2v) is 9.65. The van der Waals surface area contributed by atoms with Crippen molar-refractivity contribution < 1.29 is 13.2 Å². The van der Waals surface area contributed by atoms with Gasteiger partial charge in [0.2, 0.25) is 0 Å². The van der Waals surface area contributed by atoms with Gasteiger partial charge in [-0.1, -0.05) is 44.9 Å². The number of hydrogen-bond donors (Lipinski definition) is 1. The summed E-state index contributed by atoms with van der Waals surface area (Å²) in [5.41, 5.74) is 2.33. The van der Waals surface area contributed by atoms with Crippen LogP contribution in [0.4, 0.5) is 5.69 Å². The fourth-order valence-electron chi connectivity index (χ4n) is 3.43. The predicted octanol–water partition coefficient (Wildman–Crippen LogP) is 5.68. The number of unbranched alkanes of at least 4 members (excludes halogenated alkanes) is 2. The maximum absolute atomic E-state index is 12.8. The van der Waals surface area contributed by atoms with Gasteiger partial charge >= 0.3 is 0 Å². The summed E-state index contributed by atoms with van der Waals surface area (Å²) in [6, 6.07) is 13.0. The number of benzene rings is 2. The molecule has 6 nitrogen and oxygen atoms in total. The monoisotopic (exact) mass is 441 g/mol. The van der Waals surface area contributed by atoms with Crippen molar-refractivity contribution in [2.75, 3.05) is 24.2 Å². The second-order valence-electron chi connectivity index (χ2n) is 7.67. The number of sulfone groups is 1. The standard InChI is InChI=1S/C24H31N3O3S/c1-4-6-13-27(14-7-5-2)22-15-19(21-17-25-18-26-21)16-23(31(3,28)29)24(22)30-20-11-9-8-10-12-20/h8-12,15-18H,4-7,13-14H2,1-3H3,(H,25,26). The van der Waals surface area contributed by atoms with Crippen LogP contribution in [0, 0.1) is 0 Å². The van der Waals surface area contributed by atoms with Crippen LogP contribution >= 0.6 is 0 Å². The van der Waals surface area contributed by atoms with Gasteiger partial charge in [-0.05, 0) is 37.1 Å². The van der Waals surface area contributed by atoms with Crippen LogP contribution in [0.2, 0.25) is 0 Å². The molecule has 1 N–H and O–H groups in total. The number of para-hydroxylation sites is 1. The zero-order chi connectivity index (χ0) is 22.3. The first-order chi connectivity index (χ1) is 14.9. The number of H-pyrrole nitrogens is 1. The van der Waals surface area contributed by atoms with Crippen molar-refractivity contribution in [1.29, 1.82) is 0 Å². The first-order valence-electron chi connectivity index (χ1n) is 10.8. The highest BCUT2D eigenvalue weighted by Gasteiger charge is 2.24. The summed E-state index contributed by atoms with van der Waals surface area (Å²) in [6.45, 7) is 5.97. The van der Waals surface area contributed by atoms with Crippen LogP contribution in [0.25, 0.3) is 11.3 Å².